The number of thioether (sulfide) groups is 1. The van der Waals surface area contributed by atoms with E-state index in [9.17, 15) is 37.8 Å². The summed E-state index contributed by atoms with van der Waals surface area (Å²) in [7, 11) is 1.12. The molecule has 0 fully saturated rings. The number of alkyl halides is 5. The van der Waals surface area contributed by atoms with Crippen LogP contribution in [-0.2, 0) is 11.2 Å². The maximum absolute atomic E-state index is 15.0. The van der Waals surface area contributed by atoms with Crippen LogP contribution in [-0.4, -0.2) is 58.6 Å². The van der Waals surface area contributed by atoms with Crippen molar-refractivity contribution in [3.63, 3.8) is 0 Å². The van der Waals surface area contributed by atoms with Crippen LogP contribution < -0.4 is 10.2 Å². The first kappa shape index (κ1) is 41.3. The Bertz CT molecular complexity index is 1780. The van der Waals surface area contributed by atoms with Gasteiger partial charge in [-0.2, -0.15) is 22.0 Å². The van der Waals surface area contributed by atoms with Crippen LogP contribution in [0.25, 0.3) is 11.0 Å². The van der Waals surface area contributed by atoms with E-state index in [0.29, 0.717) is 11.3 Å². The highest BCUT2D eigenvalue weighted by Gasteiger charge is 2.63. The van der Waals surface area contributed by atoms with E-state index >= 15 is 8.78 Å². The number of benzene rings is 2. The van der Waals surface area contributed by atoms with Crippen LogP contribution in [0.5, 0.6) is 11.5 Å². The molecular weight excluding hydrogens is 699 g/mol. The van der Waals surface area contributed by atoms with Crippen molar-refractivity contribution in [2.45, 2.75) is 100 Å². The second-order valence-corrected chi connectivity index (χ2v) is 13.0. The lowest BCUT2D eigenvalue weighted by molar-refractivity contribution is -0.310. The van der Waals surface area contributed by atoms with Crippen molar-refractivity contribution >= 4 is 34.5 Å². The van der Waals surface area contributed by atoms with Gasteiger partial charge in [0.2, 0.25) is 5.76 Å². The number of hydrogen-bond donors (Lipinski definition) is 2. The first-order chi connectivity index (χ1) is 24.0. The molecule has 0 aliphatic rings. The van der Waals surface area contributed by atoms with Gasteiger partial charge in [0.25, 0.3) is 0 Å². The van der Waals surface area contributed by atoms with Crippen LogP contribution in [0.1, 0.15) is 85.8 Å². The molecule has 51 heavy (non-hydrogen) atoms. The number of unbranched alkanes of at least 4 members (excludes halogenated alkanes) is 2. The zero-order chi connectivity index (χ0) is 37.9. The van der Waals surface area contributed by atoms with Gasteiger partial charge in [0, 0.05) is 16.5 Å². The fourth-order valence-corrected chi connectivity index (χ4v) is 6.22. The first-order valence-corrected chi connectivity index (χ1v) is 17.2. The molecule has 1 heterocycles. The second-order valence-electron chi connectivity index (χ2n) is 11.8. The average molecular weight is 741 g/mol. The summed E-state index contributed by atoms with van der Waals surface area (Å²) >= 11 is 1.03. The lowest BCUT2D eigenvalue weighted by atomic mass is 9.99. The number of aliphatic hydroxyl groups excluding tert-OH is 1. The predicted molar refractivity (Wildman–Crippen MR) is 184 cm³/mol. The van der Waals surface area contributed by atoms with Gasteiger partial charge in [-0.1, -0.05) is 57.4 Å². The Kier molecular flexibility index (Phi) is 14.9. The highest BCUT2D eigenvalue weighted by Crippen LogP contribution is 2.43. The number of carbonyl (C=O) groups excluding carboxylic acids is 2. The number of rotatable bonds is 18. The van der Waals surface area contributed by atoms with Crippen molar-refractivity contribution in [2.24, 2.45) is 0 Å². The van der Waals surface area contributed by atoms with Gasteiger partial charge in [0.15, 0.2) is 17.3 Å². The molecule has 8 nitrogen and oxygen atoms in total. The topological polar surface area (TPSA) is 123 Å². The van der Waals surface area contributed by atoms with E-state index in [4.69, 9.17) is 9.15 Å². The number of hydrogen-bond acceptors (Lipinski definition) is 9. The van der Waals surface area contributed by atoms with Crippen LogP contribution in [0.2, 0.25) is 0 Å². The summed E-state index contributed by atoms with van der Waals surface area (Å²) < 4.78 is 86.7. The Morgan fingerprint density at radius 1 is 1.02 bits per heavy atom. The smallest absolute Gasteiger partial charge is 0.457 e. The molecule has 0 spiro atoms. The number of ether oxygens (including phenoxy) is 2. The summed E-state index contributed by atoms with van der Waals surface area (Å²) in [6, 6.07) is 7.58. The van der Waals surface area contributed by atoms with Crippen molar-refractivity contribution in [2.75, 3.05) is 7.11 Å². The monoisotopic (exact) mass is 740 g/mol. The fourth-order valence-electron chi connectivity index (χ4n) is 5.12. The molecule has 2 N–H and O–H groups in total. The van der Waals surface area contributed by atoms with Crippen LogP contribution >= 0.6 is 11.8 Å². The summed E-state index contributed by atoms with van der Waals surface area (Å²) in [6.45, 7) is 4.89. The molecule has 3 rings (SSSR count). The lowest BCUT2D eigenvalue weighted by Crippen LogP contribution is -2.50. The van der Waals surface area contributed by atoms with Gasteiger partial charge >= 0.3 is 18.1 Å². The van der Waals surface area contributed by atoms with Crippen LogP contribution in [0.4, 0.5) is 22.0 Å². The summed E-state index contributed by atoms with van der Waals surface area (Å²) in [6.07, 6.45) is -1.96. The summed E-state index contributed by atoms with van der Waals surface area (Å²) in [5.41, 5.74) is -0.696. The molecule has 1 aromatic heterocycles. The molecule has 3 atom stereocenters. The molecule has 14 heteroatoms. The summed E-state index contributed by atoms with van der Waals surface area (Å²) in [5.74, 6) is -8.11. The van der Waals surface area contributed by atoms with Crippen LogP contribution in [0.3, 0.4) is 0 Å². The number of aromatic hydroxyl groups is 1. The number of fused-ring (bicyclic) bond motifs is 1. The van der Waals surface area contributed by atoms with Crippen molar-refractivity contribution < 1.29 is 55.6 Å². The van der Waals surface area contributed by atoms with E-state index in [1.807, 2.05) is 13.0 Å². The molecule has 2 aromatic carbocycles. The second kappa shape index (κ2) is 18.4. The number of phenols is 1. The van der Waals surface area contributed by atoms with Crippen molar-refractivity contribution in [3.8, 4) is 11.5 Å². The largest absolute Gasteiger partial charge is 0.507 e. The van der Waals surface area contributed by atoms with Gasteiger partial charge in [0.1, 0.15) is 17.1 Å². The minimum Gasteiger partial charge on any atom is -0.507 e. The number of carbonyl (C=O) groups is 2. The van der Waals surface area contributed by atoms with Gasteiger partial charge in [-0.15, -0.1) is 11.8 Å². The zero-order valence-electron chi connectivity index (χ0n) is 28.6. The van der Waals surface area contributed by atoms with E-state index < -0.39 is 71.1 Å². The number of halogens is 5. The molecule has 1 unspecified atom stereocenters. The quantitative estimate of drug-likeness (QED) is 0.0329. The van der Waals surface area contributed by atoms with Crippen molar-refractivity contribution in [1.82, 2.24) is 0 Å². The Hall–Kier alpha value is -4.17. The first-order valence-electron chi connectivity index (χ1n) is 16.4. The van der Waals surface area contributed by atoms with Gasteiger partial charge in [-0.05, 0) is 62.9 Å². The van der Waals surface area contributed by atoms with Crippen molar-refractivity contribution in [1.29, 1.82) is 0 Å². The molecule has 0 saturated carbocycles. The lowest BCUT2D eigenvalue weighted by Gasteiger charge is -2.31. The molecule has 278 valence electrons. The van der Waals surface area contributed by atoms with Gasteiger partial charge in [-0.25, -0.2) is 4.79 Å². The minimum atomic E-state index is -6.01. The number of Topliss-reactive ketones (excluding diaryl/α,β-unsaturated/α-hetero) is 1. The highest BCUT2D eigenvalue weighted by molar-refractivity contribution is 8.00. The number of esters is 1. The third-order valence-electron chi connectivity index (χ3n) is 7.91. The number of allylic oxidation sites excluding steroid dienone is 3. The van der Waals surface area contributed by atoms with Crippen molar-refractivity contribution in [3.05, 3.63) is 87.8 Å². The summed E-state index contributed by atoms with van der Waals surface area (Å²) in [5, 5.41) is 21.2. The molecular formula is C37H41F5O8S. The number of aliphatic hydroxyl groups is 1. The normalized spacial score (nSPS) is 14.2. The third-order valence-corrected chi connectivity index (χ3v) is 9.18. The number of ketones is 1. The summed E-state index contributed by atoms with van der Waals surface area (Å²) in [4.78, 5) is 36.9. The molecule has 0 aliphatic heterocycles. The molecule has 0 radical (unpaired) electrons. The number of methoxy groups -OCH3 is 1. The molecule has 0 aliphatic carbocycles. The molecule has 0 amide bonds. The van der Waals surface area contributed by atoms with Crippen LogP contribution in [0, 0.1) is 0 Å². The van der Waals surface area contributed by atoms with E-state index in [2.05, 4.69) is 4.74 Å². The van der Waals surface area contributed by atoms with E-state index in [0.717, 1.165) is 56.3 Å². The van der Waals surface area contributed by atoms with E-state index in [1.165, 1.54) is 19.1 Å². The fraction of sp³-hybridized carbons (Fsp3) is 0.432. The Labute approximate surface area is 296 Å². The Morgan fingerprint density at radius 3 is 2.37 bits per heavy atom. The van der Waals surface area contributed by atoms with E-state index in [-0.39, 0.29) is 34.3 Å². The number of phenolic OH excluding ortho intramolecular Hbond substituents is 1. The maximum Gasteiger partial charge on any atom is 0.457 e. The minimum absolute atomic E-state index is 0.0253. The molecule has 0 saturated heterocycles. The third kappa shape index (κ3) is 10.7. The standard InChI is InChI=1S/C37H41F5O8S/c1-5-7-8-9-10-11-13-32(51-23-14-15-25-28(45)21-31(35(47)48-4)49-30(25)20-23)27(44)17-19-33(36(38,39)37(40,41)42)50-29-18-16-24(22(3)43)34(46)26(29)12-6-2/h9-11,13-16,18,20-21,27,32-33,44,46H,5-8,12,17,19H2,1-4H3/t27-,32+,33?/m1/s1. The predicted octanol–water partition coefficient (Wildman–Crippen LogP) is 8.99. The average Bonchev–Trinajstić information content (AvgIpc) is 3.07. The van der Waals surface area contributed by atoms with Gasteiger partial charge in [-0.3, -0.25) is 9.59 Å². The van der Waals surface area contributed by atoms with Gasteiger partial charge in [0.05, 0.1) is 29.4 Å². The maximum atomic E-state index is 15.0. The molecule has 0 bridgehead atoms. The van der Waals surface area contributed by atoms with Crippen LogP contribution in [0.15, 0.2) is 74.8 Å². The zero-order valence-corrected chi connectivity index (χ0v) is 29.4. The molecule has 3 aromatic rings. The highest BCUT2D eigenvalue weighted by atomic mass is 32.2. The Morgan fingerprint density at radius 2 is 1.75 bits per heavy atom. The Balaban J connectivity index is 1.97. The van der Waals surface area contributed by atoms with E-state index in [1.54, 1.807) is 31.2 Å². The van der Waals surface area contributed by atoms with Gasteiger partial charge < -0.3 is 24.1 Å². The SMILES string of the molecule is CCCCC=CC=C[C@H](Sc1ccc2c(=O)cc(C(=O)OC)oc2c1)[C@H](O)CCC(Oc1ccc(C(C)=O)c(O)c1CCC)C(F)(F)C(F)(F)F.